The fourth-order valence-corrected chi connectivity index (χ4v) is 3.48. The number of anilines is 1. The van der Waals surface area contributed by atoms with E-state index in [1.54, 1.807) is 0 Å². The zero-order valence-corrected chi connectivity index (χ0v) is 15.5. The molecule has 1 aromatic heterocycles. The van der Waals surface area contributed by atoms with Crippen molar-refractivity contribution in [3.05, 3.63) is 47.5 Å². The summed E-state index contributed by atoms with van der Waals surface area (Å²) in [6, 6.07) is 13.7. The normalized spacial score (nSPS) is 15.7. The van der Waals surface area contributed by atoms with Crippen LogP contribution in [0.5, 0.6) is 0 Å². The quantitative estimate of drug-likeness (QED) is 0.746. The second-order valence-electron chi connectivity index (χ2n) is 8.43. The number of pyridine rings is 1. The van der Waals surface area contributed by atoms with Crippen molar-refractivity contribution in [2.24, 2.45) is 5.41 Å². The lowest BCUT2D eigenvalue weighted by atomic mass is 9.88. The first-order chi connectivity index (χ1) is 11.4. The minimum atomic E-state index is 0.263. The van der Waals surface area contributed by atoms with Gasteiger partial charge < -0.3 is 5.32 Å². The van der Waals surface area contributed by atoms with Crippen LogP contribution in [0, 0.1) is 12.3 Å². The first-order valence-electron chi connectivity index (χ1n) is 9.24. The third-order valence-electron chi connectivity index (χ3n) is 4.74. The van der Waals surface area contributed by atoms with Gasteiger partial charge >= 0.3 is 0 Å². The highest BCUT2D eigenvalue weighted by Gasteiger charge is 2.20. The highest BCUT2D eigenvalue weighted by atomic mass is 15.0. The molecule has 1 fully saturated rings. The van der Waals surface area contributed by atoms with E-state index in [4.69, 9.17) is 4.98 Å². The van der Waals surface area contributed by atoms with Gasteiger partial charge in [0.2, 0.25) is 0 Å². The number of aromatic nitrogens is 1. The summed E-state index contributed by atoms with van der Waals surface area (Å²) < 4.78 is 0. The largest absolute Gasteiger partial charge is 0.367 e. The molecule has 2 heteroatoms. The van der Waals surface area contributed by atoms with Gasteiger partial charge in [0.1, 0.15) is 5.82 Å². The Balaban J connectivity index is 1.92. The van der Waals surface area contributed by atoms with Crippen molar-refractivity contribution >= 4 is 5.82 Å². The highest BCUT2D eigenvalue weighted by Crippen LogP contribution is 2.30. The van der Waals surface area contributed by atoms with E-state index in [0.29, 0.717) is 6.04 Å². The lowest BCUT2D eigenvalue weighted by Gasteiger charge is -2.23. The Labute approximate surface area is 146 Å². The van der Waals surface area contributed by atoms with E-state index < -0.39 is 0 Å². The highest BCUT2D eigenvalue weighted by molar-refractivity contribution is 5.63. The van der Waals surface area contributed by atoms with Crippen molar-refractivity contribution in [3.63, 3.8) is 0 Å². The molecule has 0 amide bonds. The van der Waals surface area contributed by atoms with Gasteiger partial charge in [0.15, 0.2) is 0 Å². The number of aryl methyl sites for hydroxylation is 1. The first-order valence-corrected chi connectivity index (χ1v) is 9.24. The van der Waals surface area contributed by atoms with Crippen LogP contribution in [-0.4, -0.2) is 11.0 Å². The van der Waals surface area contributed by atoms with Crippen molar-refractivity contribution in [1.29, 1.82) is 0 Å². The van der Waals surface area contributed by atoms with Crippen molar-refractivity contribution in [1.82, 2.24) is 4.98 Å². The Morgan fingerprint density at radius 2 is 1.67 bits per heavy atom. The molecule has 2 aromatic rings. The monoisotopic (exact) mass is 322 g/mol. The fraction of sp³-hybridized carbons (Fsp3) is 0.500. The predicted molar refractivity (Wildman–Crippen MR) is 103 cm³/mol. The zero-order valence-electron chi connectivity index (χ0n) is 15.5. The minimum absolute atomic E-state index is 0.263. The molecule has 1 aromatic carbocycles. The molecule has 1 aliphatic carbocycles. The first kappa shape index (κ1) is 17.0. The average molecular weight is 322 g/mol. The maximum atomic E-state index is 5.01. The Kier molecular flexibility index (Phi) is 4.93. The SMILES string of the molecule is Cc1ccc(-c2ccc(CC(C)(C)C)c(NC3CCCC3)n2)cc1. The summed E-state index contributed by atoms with van der Waals surface area (Å²) in [5, 5.41) is 3.74. The van der Waals surface area contributed by atoms with Gasteiger partial charge in [-0.15, -0.1) is 0 Å². The molecule has 3 rings (SSSR count). The van der Waals surface area contributed by atoms with Crippen LogP contribution in [0.2, 0.25) is 0 Å². The van der Waals surface area contributed by atoms with Crippen molar-refractivity contribution in [2.75, 3.05) is 5.32 Å². The van der Waals surface area contributed by atoms with Gasteiger partial charge in [0.25, 0.3) is 0 Å². The molecule has 0 saturated heterocycles. The molecule has 0 radical (unpaired) electrons. The molecule has 2 nitrogen and oxygen atoms in total. The lowest BCUT2D eigenvalue weighted by Crippen LogP contribution is -2.19. The Morgan fingerprint density at radius 3 is 2.29 bits per heavy atom. The molecule has 0 spiro atoms. The maximum Gasteiger partial charge on any atom is 0.130 e. The van der Waals surface area contributed by atoms with Crippen molar-refractivity contribution < 1.29 is 0 Å². The van der Waals surface area contributed by atoms with Crippen LogP contribution in [0.1, 0.15) is 57.6 Å². The molecule has 0 aliphatic heterocycles. The molecule has 1 aliphatic rings. The van der Waals surface area contributed by atoms with Crippen LogP contribution in [0.3, 0.4) is 0 Å². The molecular weight excluding hydrogens is 292 g/mol. The van der Waals surface area contributed by atoms with E-state index in [-0.39, 0.29) is 5.41 Å². The van der Waals surface area contributed by atoms with Gasteiger partial charge in [0, 0.05) is 11.6 Å². The van der Waals surface area contributed by atoms with Crippen molar-refractivity contribution in [2.45, 2.75) is 65.8 Å². The Morgan fingerprint density at radius 1 is 1.00 bits per heavy atom. The van der Waals surface area contributed by atoms with Crippen LogP contribution >= 0.6 is 0 Å². The van der Waals surface area contributed by atoms with Gasteiger partial charge in [-0.25, -0.2) is 4.98 Å². The summed E-state index contributed by atoms with van der Waals surface area (Å²) in [5.41, 5.74) is 5.14. The third-order valence-corrected chi connectivity index (χ3v) is 4.74. The van der Waals surface area contributed by atoms with Gasteiger partial charge in [-0.1, -0.05) is 69.5 Å². The summed E-state index contributed by atoms with van der Waals surface area (Å²) in [4.78, 5) is 5.01. The van der Waals surface area contributed by atoms with Crippen LogP contribution in [0.4, 0.5) is 5.82 Å². The second-order valence-corrected chi connectivity index (χ2v) is 8.43. The number of rotatable bonds is 4. The van der Waals surface area contributed by atoms with E-state index in [1.807, 2.05) is 0 Å². The van der Waals surface area contributed by atoms with E-state index in [9.17, 15) is 0 Å². The summed E-state index contributed by atoms with van der Waals surface area (Å²) in [7, 11) is 0. The molecule has 1 N–H and O–H groups in total. The number of hydrogen-bond acceptors (Lipinski definition) is 2. The fourth-order valence-electron chi connectivity index (χ4n) is 3.48. The molecule has 1 saturated carbocycles. The van der Waals surface area contributed by atoms with Crippen LogP contribution in [0.15, 0.2) is 36.4 Å². The molecule has 0 bridgehead atoms. The number of nitrogens with zero attached hydrogens (tertiary/aromatic N) is 1. The summed E-state index contributed by atoms with van der Waals surface area (Å²) in [6.07, 6.45) is 6.26. The Bertz CT molecular complexity index is 674. The van der Waals surface area contributed by atoms with Gasteiger partial charge in [-0.3, -0.25) is 0 Å². The molecule has 0 atom stereocenters. The zero-order chi connectivity index (χ0) is 17.2. The standard InChI is InChI=1S/C22H30N2/c1-16-9-11-17(12-10-16)20-14-13-18(15-22(2,3)4)21(24-20)23-19-7-5-6-8-19/h9-14,19H,5-8,15H2,1-4H3,(H,23,24). The lowest BCUT2D eigenvalue weighted by molar-refractivity contribution is 0.411. The van der Waals surface area contributed by atoms with Gasteiger partial charge in [-0.05, 0) is 43.2 Å². The molecule has 0 unspecified atom stereocenters. The number of hydrogen-bond donors (Lipinski definition) is 1. The number of nitrogens with one attached hydrogen (secondary N) is 1. The average Bonchev–Trinajstić information content (AvgIpc) is 3.01. The second kappa shape index (κ2) is 6.96. The summed E-state index contributed by atoms with van der Waals surface area (Å²) in [5.74, 6) is 1.09. The van der Waals surface area contributed by atoms with Crippen LogP contribution in [0.25, 0.3) is 11.3 Å². The van der Waals surface area contributed by atoms with E-state index in [2.05, 4.69) is 69.4 Å². The van der Waals surface area contributed by atoms with E-state index in [0.717, 1.165) is 17.9 Å². The number of benzene rings is 1. The Hall–Kier alpha value is -1.83. The van der Waals surface area contributed by atoms with Gasteiger partial charge in [-0.2, -0.15) is 0 Å². The van der Waals surface area contributed by atoms with Gasteiger partial charge in [0.05, 0.1) is 5.69 Å². The molecule has 24 heavy (non-hydrogen) atoms. The van der Waals surface area contributed by atoms with Crippen molar-refractivity contribution in [3.8, 4) is 11.3 Å². The topological polar surface area (TPSA) is 24.9 Å². The summed E-state index contributed by atoms with van der Waals surface area (Å²) in [6.45, 7) is 9.00. The molecule has 1 heterocycles. The van der Waals surface area contributed by atoms with Crippen LogP contribution in [-0.2, 0) is 6.42 Å². The molecule has 128 valence electrons. The maximum absolute atomic E-state index is 5.01. The summed E-state index contributed by atoms with van der Waals surface area (Å²) >= 11 is 0. The van der Waals surface area contributed by atoms with E-state index >= 15 is 0 Å². The predicted octanol–water partition coefficient (Wildman–Crippen LogP) is 6.00. The van der Waals surface area contributed by atoms with Crippen LogP contribution < -0.4 is 5.32 Å². The molecular formula is C22H30N2. The minimum Gasteiger partial charge on any atom is -0.367 e. The third kappa shape index (κ3) is 4.37. The van der Waals surface area contributed by atoms with E-state index in [1.165, 1.54) is 42.4 Å². The smallest absolute Gasteiger partial charge is 0.130 e.